The Morgan fingerprint density at radius 2 is 0.640 bits per heavy atom. The van der Waals surface area contributed by atoms with Crippen LogP contribution < -0.4 is 0 Å². The van der Waals surface area contributed by atoms with Gasteiger partial charge in [-0.3, -0.25) is 0 Å². The standard InChI is InChI=1S/C25H52/c1-5-9-13-14-18-22-25(21-17-12-8-4)23-24(19-15-10-6-2)20-16-11-7-3/h24-25H,5-23H2,1-4H3. The van der Waals surface area contributed by atoms with Gasteiger partial charge in [-0.15, -0.1) is 0 Å². The molecule has 0 amide bonds. The molecule has 0 aromatic rings. The van der Waals surface area contributed by atoms with Crippen LogP contribution in [0.25, 0.3) is 0 Å². The van der Waals surface area contributed by atoms with Crippen molar-refractivity contribution < 1.29 is 0 Å². The smallest absolute Gasteiger partial charge is 0.0412 e. The molecule has 0 aliphatic rings. The van der Waals surface area contributed by atoms with E-state index >= 15 is 0 Å². The molecule has 0 heterocycles. The van der Waals surface area contributed by atoms with Crippen molar-refractivity contribution in [1.82, 2.24) is 0 Å². The quantitative estimate of drug-likeness (QED) is 0.191. The zero-order chi connectivity index (χ0) is 18.6. The number of hydrogen-bond acceptors (Lipinski definition) is 0. The third-order valence-electron chi connectivity index (χ3n) is 6.03. The Hall–Kier alpha value is 0. The van der Waals surface area contributed by atoms with Crippen LogP contribution in [0.3, 0.4) is 0 Å². The Kier molecular flexibility index (Phi) is 20.3. The molecular weight excluding hydrogens is 300 g/mol. The summed E-state index contributed by atoms with van der Waals surface area (Å²) in [6, 6.07) is 0. The predicted molar refractivity (Wildman–Crippen MR) is 117 cm³/mol. The van der Waals surface area contributed by atoms with Crippen LogP contribution in [0.4, 0.5) is 0 Å². The minimum absolute atomic E-state index is 1.03. The van der Waals surface area contributed by atoms with Crippen molar-refractivity contribution in [2.75, 3.05) is 0 Å². The maximum atomic E-state index is 2.35. The van der Waals surface area contributed by atoms with Gasteiger partial charge >= 0.3 is 0 Å². The highest BCUT2D eigenvalue weighted by Gasteiger charge is 2.16. The molecule has 0 aromatic heterocycles. The van der Waals surface area contributed by atoms with Crippen molar-refractivity contribution in [3.05, 3.63) is 0 Å². The summed E-state index contributed by atoms with van der Waals surface area (Å²) in [5.74, 6) is 2.06. The van der Waals surface area contributed by atoms with Crippen LogP contribution >= 0.6 is 0 Å². The van der Waals surface area contributed by atoms with E-state index in [1.807, 2.05) is 0 Å². The second kappa shape index (κ2) is 20.3. The number of rotatable bonds is 20. The van der Waals surface area contributed by atoms with Gasteiger partial charge in [-0.2, -0.15) is 0 Å². The lowest BCUT2D eigenvalue weighted by molar-refractivity contribution is 0.284. The summed E-state index contributed by atoms with van der Waals surface area (Å²) in [7, 11) is 0. The monoisotopic (exact) mass is 352 g/mol. The third kappa shape index (κ3) is 17.2. The molecule has 0 nitrogen and oxygen atoms in total. The van der Waals surface area contributed by atoms with Crippen molar-refractivity contribution in [1.29, 1.82) is 0 Å². The molecule has 0 aromatic carbocycles. The molecule has 0 aliphatic carbocycles. The lowest BCUT2D eigenvalue weighted by atomic mass is 9.82. The first-order valence-corrected chi connectivity index (χ1v) is 12.3. The molecule has 1 atom stereocenters. The second-order valence-electron chi connectivity index (χ2n) is 8.66. The Morgan fingerprint density at radius 3 is 1.00 bits per heavy atom. The fourth-order valence-corrected chi connectivity index (χ4v) is 4.32. The van der Waals surface area contributed by atoms with E-state index in [1.165, 1.54) is 116 Å². The van der Waals surface area contributed by atoms with Crippen LogP contribution in [0.1, 0.15) is 150 Å². The van der Waals surface area contributed by atoms with Crippen molar-refractivity contribution in [3.8, 4) is 0 Å². The fraction of sp³-hybridized carbons (Fsp3) is 1.00. The lowest BCUT2D eigenvalue weighted by Crippen LogP contribution is -2.10. The number of unbranched alkanes of at least 4 members (excludes halogenated alkanes) is 10. The SMILES string of the molecule is CCCCCCCC(CCCCC)CC(CCCCC)CCCCC. The van der Waals surface area contributed by atoms with Gasteiger partial charge in [0, 0.05) is 0 Å². The Labute approximate surface area is 161 Å². The Bertz CT molecular complexity index is 222. The summed E-state index contributed by atoms with van der Waals surface area (Å²) in [5.41, 5.74) is 0. The van der Waals surface area contributed by atoms with E-state index in [9.17, 15) is 0 Å². The van der Waals surface area contributed by atoms with Gasteiger partial charge < -0.3 is 0 Å². The van der Waals surface area contributed by atoms with Crippen molar-refractivity contribution >= 4 is 0 Å². The molecule has 0 saturated carbocycles. The highest BCUT2D eigenvalue weighted by Crippen LogP contribution is 2.30. The van der Waals surface area contributed by atoms with Gasteiger partial charge in [0.25, 0.3) is 0 Å². The zero-order valence-electron chi connectivity index (χ0n) is 18.6. The number of hydrogen-bond donors (Lipinski definition) is 0. The second-order valence-corrected chi connectivity index (χ2v) is 8.66. The van der Waals surface area contributed by atoms with Crippen LogP contribution in [0.15, 0.2) is 0 Å². The minimum atomic E-state index is 1.03. The van der Waals surface area contributed by atoms with E-state index < -0.39 is 0 Å². The molecular formula is C25H52. The first-order valence-electron chi connectivity index (χ1n) is 12.3. The van der Waals surface area contributed by atoms with Crippen molar-refractivity contribution in [2.45, 2.75) is 150 Å². The van der Waals surface area contributed by atoms with Crippen molar-refractivity contribution in [3.63, 3.8) is 0 Å². The molecule has 0 rings (SSSR count). The van der Waals surface area contributed by atoms with E-state index in [2.05, 4.69) is 27.7 Å². The maximum Gasteiger partial charge on any atom is -0.0412 e. The third-order valence-corrected chi connectivity index (χ3v) is 6.03. The summed E-state index contributed by atoms with van der Waals surface area (Å²) >= 11 is 0. The van der Waals surface area contributed by atoms with Gasteiger partial charge in [-0.25, -0.2) is 0 Å². The van der Waals surface area contributed by atoms with Gasteiger partial charge in [0.05, 0.1) is 0 Å². The molecule has 0 spiro atoms. The van der Waals surface area contributed by atoms with E-state index in [0.29, 0.717) is 0 Å². The van der Waals surface area contributed by atoms with Gasteiger partial charge in [-0.1, -0.05) is 143 Å². The first-order chi connectivity index (χ1) is 12.3. The van der Waals surface area contributed by atoms with Crippen LogP contribution in [0, 0.1) is 11.8 Å². The van der Waals surface area contributed by atoms with Crippen LogP contribution in [-0.4, -0.2) is 0 Å². The van der Waals surface area contributed by atoms with Crippen LogP contribution in [-0.2, 0) is 0 Å². The molecule has 0 N–H and O–H groups in total. The Balaban J connectivity index is 4.33. The highest BCUT2D eigenvalue weighted by atomic mass is 14.2. The molecule has 0 fully saturated rings. The molecule has 0 bridgehead atoms. The average Bonchev–Trinajstić information content (AvgIpc) is 2.61. The molecule has 0 saturated heterocycles. The van der Waals surface area contributed by atoms with E-state index in [1.54, 1.807) is 6.42 Å². The minimum Gasteiger partial charge on any atom is -0.0654 e. The topological polar surface area (TPSA) is 0 Å². The predicted octanol–water partition coefficient (Wildman–Crippen LogP) is 9.71. The molecule has 152 valence electrons. The molecule has 1 unspecified atom stereocenters. The van der Waals surface area contributed by atoms with Crippen molar-refractivity contribution in [2.24, 2.45) is 11.8 Å². The molecule has 0 radical (unpaired) electrons. The summed E-state index contributed by atoms with van der Waals surface area (Å²) in [6.07, 6.45) is 27.8. The van der Waals surface area contributed by atoms with Crippen LogP contribution in [0.5, 0.6) is 0 Å². The van der Waals surface area contributed by atoms with Gasteiger partial charge in [0.2, 0.25) is 0 Å². The molecule has 0 aliphatic heterocycles. The molecule has 25 heavy (non-hydrogen) atoms. The summed E-state index contributed by atoms with van der Waals surface area (Å²) < 4.78 is 0. The normalized spacial score (nSPS) is 12.8. The van der Waals surface area contributed by atoms with Gasteiger partial charge in [-0.05, 0) is 18.3 Å². The fourth-order valence-electron chi connectivity index (χ4n) is 4.32. The zero-order valence-corrected chi connectivity index (χ0v) is 18.6. The van der Waals surface area contributed by atoms with Crippen LogP contribution in [0.2, 0.25) is 0 Å². The molecule has 0 heteroatoms. The highest BCUT2D eigenvalue weighted by molar-refractivity contribution is 4.69. The summed E-state index contributed by atoms with van der Waals surface area (Å²) in [5, 5.41) is 0. The average molecular weight is 353 g/mol. The lowest BCUT2D eigenvalue weighted by Gasteiger charge is -2.24. The van der Waals surface area contributed by atoms with E-state index in [-0.39, 0.29) is 0 Å². The van der Waals surface area contributed by atoms with Gasteiger partial charge in [0.15, 0.2) is 0 Å². The summed E-state index contributed by atoms with van der Waals surface area (Å²) in [4.78, 5) is 0. The van der Waals surface area contributed by atoms with Gasteiger partial charge in [0.1, 0.15) is 0 Å². The Morgan fingerprint density at radius 1 is 0.360 bits per heavy atom. The summed E-state index contributed by atoms with van der Waals surface area (Å²) in [6.45, 7) is 9.36. The van der Waals surface area contributed by atoms with E-state index in [4.69, 9.17) is 0 Å². The largest absolute Gasteiger partial charge is 0.0654 e. The first kappa shape index (κ1) is 25.0. The maximum absolute atomic E-state index is 2.35. The van der Waals surface area contributed by atoms with E-state index in [0.717, 1.165) is 11.8 Å².